The van der Waals surface area contributed by atoms with Gasteiger partial charge >= 0.3 is 6.09 Å². The topological polar surface area (TPSA) is 166 Å². The van der Waals surface area contributed by atoms with Crippen LogP contribution in [0.5, 0.6) is 0 Å². The normalized spacial score (nSPS) is 24.5. The fourth-order valence-electron chi connectivity index (χ4n) is 10.4. The maximum absolute atomic E-state index is 15.1. The molecule has 9 rings (SSSR count). The molecule has 1 aromatic heterocycles. The first-order chi connectivity index (χ1) is 29.7. The molecule has 3 N–H and O–H groups in total. The summed E-state index contributed by atoms with van der Waals surface area (Å²) in [5, 5.41) is 14.3. The largest absolute Gasteiger partial charge is 0.444 e. The Hall–Kier alpha value is -4.89. The van der Waals surface area contributed by atoms with Crippen molar-refractivity contribution in [1.82, 2.24) is 35.5 Å². The number of rotatable bonds is 10. The van der Waals surface area contributed by atoms with Crippen LogP contribution in [0, 0.1) is 17.7 Å². The maximum Gasteiger partial charge on any atom is 0.408 e. The number of amides is 4. The number of H-pyrrole nitrogens is 1. The monoisotopic (exact) mass is 855 g/mol. The first-order valence-corrected chi connectivity index (χ1v) is 22.7. The molecule has 3 aromatic rings. The van der Waals surface area contributed by atoms with Gasteiger partial charge in [0.1, 0.15) is 17.5 Å². The van der Waals surface area contributed by atoms with Crippen molar-refractivity contribution >= 4 is 34.6 Å². The number of alkyl carbamates (subject to hydrolysis) is 1. The van der Waals surface area contributed by atoms with E-state index in [1.807, 2.05) is 37.8 Å². The Labute approximate surface area is 362 Å². The molecule has 4 amide bonds. The summed E-state index contributed by atoms with van der Waals surface area (Å²) in [6.45, 7) is 9.71. The number of halogens is 1. The van der Waals surface area contributed by atoms with Gasteiger partial charge in [0.25, 0.3) is 11.5 Å². The number of hydrogen-bond acceptors (Lipinski definition) is 9. The van der Waals surface area contributed by atoms with Crippen molar-refractivity contribution in [2.24, 2.45) is 11.8 Å². The van der Waals surface area contributed by atoms with E-state index in [1.165, 1.54) is 6.07 Å². The number of carbonyl (C=O) groups excluding carboxylic acids is 4. The van der Waals surface area contributed by atoms with Crippen LogP contribution in [0.3, 0.4) is 0 Å². The van der Waals surface area contributed by atoms with Crippen molar-refractivity contribution in [3.05, 3.63) is 75.5 Å². The Morgan fingerprint density at radius 3 is 2.24 bits per heavy atom. The van der Waals surface area contributed by atoms with Crippen LogP contribution in [0.4, 0.5) is 9.18 Å². The quantitative estimate of drug-likeness (QED) is 0.245. The molecule has 334 valence electrons. The average Bonchev–Trinajstić information content (AvgIpc) is 3.27. The van der Waals surface area contributed by atoms with E-state index in [0.717, 1.165) is 90.3 Å². The van der Waals surface area contributed by atoms with Crippen molar-refractivity contribution in [1.29, 1.82) is 0 Å². The molecule has 2 saturated carbocycles. The number of fused-ring (bicyclic) bond motifs is 4. The van der Waals surface area contributed by atoms with Crippen LogP contribution in [-0.2, 0) is 25.5 Å². The maximum atomic E-state index is 15.1. The lowest BCUT2D eigenvalue weighted by atomic mass is 9.70. The zero-order valence-corrected chi connectivity index (χ0v) is 36.4. The van der Waals surface area contributed by atoms with Gasteiger partial charge in [-0.3, -0.25) is 19.2 Å². The first-order valence-electron chi connectivity index (χ1n) is 22.7. The Bertz CT molecular complexity index is 2180. The molecular weight excluding hydrogens is 794 g/mol. The Kier molecular flexibility index (Phi) is 12.8. The zero-order chi connectivity index (χ0) is 43.6. The number of ether oxygens (including phenoxy) is 2. The standard InChI is InChI=1S/C47H62FN7O7/c1-45(2,3)62-44(60)49-39(32-9-5-4-6-10-32)41(57)50-46-17-19-47(20-18-46,61-30-46)29-53-21-15-33(16-22-53)42(58)54-23-25-55(26-24-54)43(59)36-27-31(13-14-37(36)48)28-38-34-11-7-8-12-35(34)40(56)52-51-38/h7-8,11-14,27,32-33,39H,4-6,9-10,15-26,28-30H2,1-3H3,(H,49,60)(H,50,57)(H,52,56)/t39-,46?,47?/m1/s1. The molecule has 4 saturated heterocycles. The van der Waals surface area contributed by atoms with Crippen molar-refractivity contribution in [3.63, 3.8) is 0 Å². The highest BCUT2D eigenvalue weighted by molar-refractivity contribution is 5.95. The van der Waals surface area contributed by atoms with E-state index in [2.05, 4.69) is 25.7 Å². The van der Waals surface area contributed by atoms with Crippen LogP contribution >= 0.6 is 0 Å². The summed E-state index contributed by atoms with van der Waals surface area (Å²) in [7, 11) is 0. The van der Waals surface area contributed by atoms with Crippen molar-refractivity contribution in [3.8, 4) is 0 Å². The highest BCUT2D eigenvalue weighted by Gasteiger charge is 2.52. The van der Waals surface area contributed by atoms with E-state index in [0.29, 0.717) is 61.2 Å². The van der Waals surface area contributed by atoms with Crippen molar-refractivity contribution in [2.45, 2.75) is 121 Å². The van der Waals surface area contributed by atoms with Crippen LogP contribution in [0.15, 0.2) is 47.3 Å². The van der Waals surface area contributed by atoms with Crippen LogP contribution in [0.1, 0.15) is 113 Å². The van der Waals surface area contributed by atoms with Crippen molar-refractivity contribution in [2.75, 3.05) is 52.4 Å². The summed E-state index contributed by atoms with van der Waals surface area (Å²) in [5.74, 6) is -1.06. The Morgan fingerprint density at radius 2 is 1.58 bits per heavy atom. The lowest BCUT2D eigenvalue weighted by molar-refractivity contribution is -0.176. The molecule has 14 nitrogen and oxygen atoms in total. The van der Waals surface area contributed by atoms with Crippen LogP contribution in [0.25, 0.3) is 10.8 Å². The second kappa shape index (κ2) is 18.1. The molecule has 0 spiro atoms. The molecule has 6 fully saturated rings. The number of aromatic amines is 1. The summed E-state index contributed by atoms with van der Waals surface area (Å²) < 4.78 is 27.3. The van der Waals surface area contributed by atoms with E-state index in [9.17, 15) is 24.0 Å². The minimum Gasteiger partial charge on any atom is -0.444 e. The molecule has 0 unspecified atom stereocenters. The third kappa shape index (κ3) is 9.83. The number of likely N-dealkylation sites (tertiary alicyclic amines) is 1. The zero-order valence-electron chi connectivity index (χ0n) is 36.4. The Morgan fingerprint density at radius 1 is 0.903 bits per heavy atom. The molecule has 6 aliphatic rings. The Balaban J connectivity index is 0.791. The summed E-state index contributed by atoms with van der Waals surface area (Å²) in [6, 6.07) is 11.0. The van der Waals surface area contributed by atoms with Gasteiger partial charge in [-0.25, -0.2) is 14.3 Å². The molecular formula is C47H62FN7O7. The number of nitrogens with zero attached hydrogens (tertiary/aromatic N) is 4. The lowest BCUT2D eigenvalue weighted by Crippen LogP contribution is -2.67. The van der Waals surface area contributed by atoms with Gasteiger partial charge < -0.3 is 34.8 Å². The van der Waals surface area contributed by atoms with Crippen LogP contribution in [-0.4, -0.2) is 124 Å². The average molecular weight is 856 g/mol. The number of piperidine rings is 1. The molecule has 5 heterocycles. The fraction of sp³-hybridized carbons (Fsp3) is 0.617. The van der Waals surface area contributed by atoms with E-state index in [1.54, 1.807) is 29.2 Å². The summed E-state index contributed by atoms with van der Waals surface area (Å²) in [6.07, 6.45) is 9.59. The minimum atomic E-state index is -0.658. The number of piperazine rings is 1. The second-order valence-electron chi connectivity index (χ2n) is 19.5. The third-order valence-electron chi connectivity index (χ3n) is 14.0. The second-order valence-corrected chi connectivity index (χ2v) is 19.5. The number of benzene rings is 2. The number of nitrogens with one attached hydrogen (secondary N) is 3. The van der Waals surface area contributed by atoms with Gasteiger partial charge in [-0.2, -0.15) is 5.10 Å². The molecule has 4 aliphatic heterocycles. The molecule has 0 radical (unpaired) electrons. The molecule has 2 aromatic carbocycles. The fourth-order valence-corrected chi connectivity index (χ4v) is 10.4. The smallest absolute Gasteiger partial charge is 0.408 e. The minimum absolute atomic E-state index is 0.0194. The van der Waals surface area contributed by atoms with E-state index in [4.69, 9.17) is 9.47 Å². The third-order valence-corrected chi connectivity index (χ3v) is 14.0. The highest BCUT2D eigenvalue weighted by Crippen LogP contribution is 2.45. The lowest BCUT2D eigenvalue weighted by Gasteiger charge is -2.55. The van der Waals surface area contributed by atoms with Crippen LogP contribution < -0.4 is 16.2 Å². The van der Waals surface area contributed by atoms with E-state index >= 15 is 4.39 Å². The van der Waals surface area contributed by atoms with Crippen LogP contribution in [0.2, 0.25) is 0 Å². The SMILES string of the molecule is CC(C)(C)OC(=O)N[C@@H](C(=O)NC12CCC(CN3CCC(C(=O)N4CCN(C(=O)c5cc(Cc6n[nH]c(=O)c7ccccc67)ccc5F)CC4)CC3)(CC1)OC2)C1CCCCC1. The van der Waals surface area contributed by atoms with Gasteiger partial charge in [-0.05, 0) is 115 Å². The first kappa shape index (κ1) is 43.7. The molecule has 2 bridgehead atoms. The number of carbonyl (C=O) groups is 4. The molecule has 15 heteroatoms. The predicted octanol–water partition coefficient (Wildman–Crippen LogP) is 5.32. The summed E-state index contributed by atoms with van der Waals surface area (Å²) in [5.41, 5.74) is -0.367. The molecule has 2 aliphatic carbocycles. The van der Waals surface area contributed by atoms with Gasteiger partial charge in [0.15, 0.2) is 0 Å². The van der Waals surface area contributed by atoms with Gasteiger partial charge in [-0.1, -0.05) is 43.5 Å². The number of aromatic nitrogens is 2. The molecule has 62 heavy (non-hydrogen) atoms. The highest BCUT2D eigenvalue weighted by atomic mass is 19.1. The molecule has 1 atom stereocenters. The van der Waals surface area contributed by atoms with Gasteiger partial charge in [0.2, 0.25) is 11.8 Å². The van der Waals surface area contributed by atoms with Crippen molar-refractivity contribution < 1.29 is 33.0 Å². The van der Waals surface area contributed by atoms with Gasteiger partial charge in [0, 0.05) is 50.4 Å². The summed E-state index contributed by atoms with van der Waals surface area (Å²) in [4.78, 5) is 72.2. The number of hydrogen-bond donors (Lipinski definition) is 3. The van der Waals surface area contributed by atoms with Gasteiger partial charge in [0.05, 0.1) is 34.4 Å². The summed E-state index contributed by atoms with van der Waals surface area (Å²) >= 11 is 0. The van der Waals surface area contributed by atoms with Gasteiger partial charge in [-0.15, -0.1) is 0 Å². The van der Waals surface area contributed by atoms with E-state index in [-0.39, 0.29) is 40.4 Å². The predicted molar refractivity (Wildman–Crippen MR) is 231 cm³/mol. The van der Waals surface area contributed by atoms with E-state index < -0.39 is 35.0 Å².